The second kappa shape index (κ2) is 7.56. The van der Waals surface area contributed by atoms with Crippen LogP contribution in [-0.4, -0.2) is 18.5 Å². The predicted molar refractivity (Wildman–Crippen MR) is 59.9 cm³/mol. The van der Waals surface area contributed by atoms with Crippen LogP contribution in [0.25, 0.3) is 0 Å². The molecular weight excluding hydrogens is 176 g/mol. The van der Waals surface area contributed by atoms with Gasteiger partial charge < -0.3 is 11.1 Å². The first-order valence-corrected chi connectivity index (χ1v) is 5.21. The number of rotatable bonds is 6. The molecule has 0 aromatic rings. The lowest BCUT2D eigenvalue weighted by molar-refractivity contribution is -0.121. The molecule has 1 amide bonds. The Morgan fingerprint density at radius 3 is 2.64 bits per heavy atom. The highest BCUT2D eigenvalue weighted by Crippen LogP contribution is 2.02. The van der Waals surface area contributed by atoms with Gasteiger partial charge in [-0.3, -0.25) is 4.79 Å². The summed E-state index contributed by atoms with van der Waals surface area (Å²) >= 11 is 0. The number of carbonyl (C=O) groups is 1. The molecule has 3 heteroatoms. The van der Waals surface area contributed by atoms with E-state index in [1.54, 1.807) is 0 Å². The molecule has 0 saturated carbocycles. The van der Waals surface area contributed by atoms with Crippen molar-refractivity contribution in [1.29, 1.82) is 0 Å². The van der Waals surface area contributed by atoms with E-state index < -0.39 is 0 Å². The highest BCUT2D eigenvalue weighted by Gasteiger charge is 2.11. The molecule has 0 aromatic heterocycles. The van der Waals surface area contributed by atoms with Crippen molar-refractivity contribution in [3.8, 4) is 0 Å². The summed E-state index contributed by atoms with van der Waals surface area (Å²) in [6.45, 7) is 6.72. The van der Waals surface area contributed by atoms with Gasteiger partial charge in [0.25, 0.3) is 0 Å². The Morgan fingerprint density at radius 1 is 1.50 bits per heavy atom. The van der Waals surface area contributed by atoms with Crippen molar-refractivity contribution in [3.05, 3.63) is 12.2 Å². The Kier molecular flexibility index (Phi) is 7.11. The van der Waals surface area contributed by atoms with Crippen LogP contribution in [0.1, 0.15) is 33.6 Å². The lowest BCUT2D eigenvalue weighted by Crippen LogP contribution is -2.35. The van der Waals surface area contributed by atoms with Crippen molar-refractivity contribution in [3.63, 3.8) is 0 Å². The second-order valence-electron chi connectivity index (χ2n) is 3.82. The van der Waals surface area contributed by atoms with Gasteiger partial charge in [0.15, 0.2) is 0 Å². The molecule has 0 aliphatic rings. The fourth-order valence-electron chi connectivity index (χ4n) is 0.984. The summed E-state index contributed by atoms with van der Waals surface area (Å²) in [6.07, 6.45) is 5.32. The van der Waals surface area contributed by atoms with Crippen LogP contribution in [-0.2, 0) is 4.79 Å². The number of hydrogen-bond acceptors (Lipinski definition) is 2. The van der Waals surface area contributed by atoms with Gasteiger partial charge in [-0.05, 0) is 19.3 Å². The fraction of sp³-hybridized carbons (Fsp3) is 0.727. The molecule has 0 radical (unpaired) electrons. The summed E-state index contributed by atoms with van der Waals surface area (Å²) < 4.78 is 0. The van der Waals surface area contributed by atoms with Crippen LogP contribution >= 0.6 is 0 Å². The van der Waals surface area contributed by atoms with Crippen molar-refractivity contribution in [1.82, 2.24) is 5.32 Å². The Bertz CT molecular complexity index is 188. The normalized spacial score (nSPS) is 13.5. The number of nitrogens with two attached hydrogens (primary N) is 1. The highest BCUT2D eigenvalue weighted by molar-refractivity contribution is 5.76. The van der Waals surface area contributed by atoms with E-state index in [0.717, 1.165) is 6.42 Å². The molecule has 14 heavy (non-hydrogen) atoms. The van der Waals surface area contributed by atoms with Gasteiger partial charge in [0, 0.05) is 19.0 Å². The molecule has 0 aliphatic carbocycles. The van der Waals surface area contributed by atoms with E-state index in [2.05, 4.69) is 5.32 Å². The minimum Gasteiger partial charge on any atom is -0.356 e. The second-order valence-corrected chi connectivity index (χ2v) is 3.82. The zero-order valence-corrected chi connectivity index (χ0v) is 9.42. The van der Waals surface area contributed by atoms with E-state index in [-0.39, 0.29) is 11.9 Å². The van der Waals surface area contributed by atoms with Gasteiger partial charge in [-0.2, -0.15) is 0 Å². The van der Waals surface area contributed by atoms with E-state index in [0.29, 0.717) is 18.9 Å². The lowest BCUT2D eigenvalue weighted by Gasteiger charge is -2.14. The molecule has 0 aromatic carbocycles. The minimum atomic E-state index is -0.0308. The highest BCUT2D eigenvalue weighted by atomic mass is 16.1. The summed E-state index contributed by atoms with van der Waals surface area (Å²) in [7, 11) is 0. The fourth-order valence-corrected chi connectivity index (χ4v) is 0.984. The van der Waals surface area contributed by atoms with Crippen LogP contribution in [0.5, 0.6) is 0 Å². The van der Waals surface area contributed by atoms with Gasteiger partial charge in [0.2, 0.25) is 5.91 Å². The quantitative estimate of drug-likeness (QED) is 0.501. The van der Waals surface area contributed by atoms with Crippen molar-refractivity contribution in [2.75, 3.05) is 6.54 Å². The third-order valence-electron chi connectivity index (χ3n) is 2.15. The third kappa shape index (κ3) is 6.66. The van der Waals surface area contributed by atoms with Crippen molar-refractivity contribution in [2.45, 2.75) is 39.7 Å². The smallest absolute Gasteiger partial charge is 0.221 e. The van der Waals surface area contributed by atoms with Crippen molar-refractivity contribution in [2.24, 2.45) is 11.7 Å². The van der Waals surface area contributed by atoms with E-state index in [4.69, 9.17) is 5.73 Å². The summed E-state index contributed by atoms with van der Waals surface area (Å²) in [5.41, 5.74) is 5.77. The minimum absolute atomic E-state index is 0.0308. The van der Waals surface area contributed by atoms with Gasteiger partial charge in [-0.1, -0.05) is 26.0 Å². The van der Waals surface area contributed by atoms with Crippen molar-refractivity contribution >= 4 is 5.91 Å². The standard InChI is InChI=1S/C11H22N2O/c1-4-5-6-7-13-11(14)8-10(12)9(2)3/h4-5,9-10H,6-8,12H2,1-3H3,(H,13,14)/b5-4+. The molecule has 0 fully saturated rings. The molecule has 0 aliphatic heterocycles. The molecule has 3 N–H and O–H groups in total. The SMILES string of the molecule is C/C=C/CCNC(=O)CC(N)C(C)C. The largest absolute Gasteiger partial charge is 0.356 e. The molecule has 82 valence electrons. The molecule has 0 rings (SSSR count). The van der Waals surface area contributed by atoms with Gasteiger partial charge in [0.05, 0.1) is 0 Å². The van der Waals surface area contributed by atoms with Gasteiger partial charge in [0.1, 0.15) is 0 Å². The summed E-state index contributed by atoms with van der Waals surface area (Å²) in [5.74, 6) is 0.409. The molecule has 0 heterocycles. The Morgan fingerprint density at radius 2 is 2.14 bits per heavy atom. The van der Waals surface area contributed by atoms with E-state index in [9.17, 15) is 4.79 Å². The first kappa shape index (κ1) is 13.2. The van der Waals surface area contributed by atoms with Crippen LogP contribution in [0.15, 0.2) is 12.2 Å². The first-order valence-electron chi connectivity index (χ1n) is 5.21. The Labute approximate surface area is 86.8 Å². The first-order chi connectivity index (χ1) is 6.57. The number of nitrogens with one attached hydrogen (secondary N) is 1. The zero-order chi connectivity index (χ0) is 11.0. The number of amides is 1. The maximum Gasteiger partial charge on any atom is 0.221 e. The average molecular weight is 198 g/mol. The lowest BCUT2D eigenvalue weighted by atomic mass is 10.0. The van der Waals surface area contributed by atoms with Crippen LogP contribution in [0.2, 0.25) is 0 Å². The molecule has 0 bridgehead atoms. The van der Waals surface area contributed by atoms with Crippen LogP contribution in [0.3, 0.4) is 0 Å². The number of carbonyl (C=O) groups excluding carboxylic acids is 1. The summed E-state index contributed by atoms with van der Waals surface area (Å²) in [6, 6.07) is -0.0308. The average Bonchev–Trinajstić information content (AvgIpc) is 2.12. The number of allylic oxidation sites excluding steroid dienone is 1. The van der Waals surface area contributed by atoms with E-state index in [1.165, 1.54) is 0 Å². The molecular formula is C11H22N2O. The molecule has 1 atom stereocenters. The molecule has 3 nitrogen and oxygen atoms in total. The monoisotopic (exact) mass is 198 g/mol. The van der Waals surface area contributed by atoms with Crippen LogP contribution < -0.4 is 11.1 Å². The van der Waals surface area contributed by atoms with Crippen LogP contribution in [0.4, 0.5) is 0 Å². The maximum atomic E-state index is 11.3. The topological polar surface area (TPSA) is 55.1 Å². The van der Waals surface area contributed by atoms with E-state index >= 15 is 0 Å². The molecule has 0 spiro atoms. The third-order valence-corrected chi connectivity index (χ3v) is 2.15. The summed E-state index contributed by atoms with van der Waals surface area (Å²) in [4.78, 5) is 11.3. The molecule has 1 unspecified atom stereocenters. The Balaban J connectivity index is 3.55. The number of hydrogen-bond donors (Lipinski definition) is 2. The zero-order valence-electron chi connectivity index (χ0n) is 9.42. The van der Waals surface area contributed by atoms with Gasteiger partial charge in [-0.15, -0.1) is 0 Å². The van der Waals surface area contributed by atoms with E-state index in [1.807, 2.05) is 32.9 Å². The van der Waals surface area contributed by atoms with Gasteiger partial charge >= 0.3 is 0 Å². The van der Waals surface area contributed by atoms with Crippen molar-refractivity contribution < 1.29 is 4.79 Å². The van der Waals surface area contributed by atoms with Crippen LogP contribution in [0, 0.1) is 5.92 Å². The maximum absolute atomic E-state index is 11.3. The summed E-state index contributed by atoms with van der Waals surface area (Å²) in [5, 5.41) is 2.83. The van der Waals surface area contributed by atoms with Gasteiger partial charge in [-0.25, -0.2) is 0 Å². The Hall–Kier alpha value is -0.830. The predicted octanol–water partition coefficient (Wildman–Crippen LogP) is 1.44. The molecule has 0 saturated heterocycles.